The Hall–Kier alpha value is -1.98. The molecular weight excluding hydrogens is 340 g/mol. The summed E-state index contributed by atoms with van der Waals surface area (Å²) < 4.78 is 0. The second kappa shape index (κ2) is 7.21. The van der Waals surface area contributed by atoms with E-state index < -0.39 is 0 Å². The van der Waals surface area contributed by atoms with Crippen molar-refractivity contribution in [2.45, 2.75) is 71.3 Å². The smallest absolute Gasteiger partial charge is 0.272 e. The average Bonchev–Trinajstić information content (AvgIpc) is 3.08. The van der Waals surface area contributed by atoms with E-state index in [-0.39, 0.29) is 11.3 Å². The maximum Gasteiger partial charge on any atom is 0.272 e. The predicted octanol–water partition coefficient (Wildman–Crippen LogP) is 2.88. The third-order valence-corrected chi connectivity index (χ3v) is 6.61. The number of hydrogen-bond donors (Lipinski definition) is 0. The molecular formula is C21H30N4O2. The number of likely N-dealkylation sites (tertiary alicyclic amines) is 2. The van der Waals surface area contributed by atoms with Crippen molar-refractivity contribution in [2.75, 3.05) is 19.6 Å². The van der Waals surface area contributed by atoms with Crippen LogP contribution >= 0.6 is 0 Å². The Morgan fingerprint density at radius 1 is 1.07 bits per heavy atom. The number of aryl methyl sites for hydroxylation is 2. The number of carbonyl (C=O) groups is 2. The zero-order chi connectivity index (χ0) is 19.0. The number of piperidine rings is 1. The molecule has 27 heavy (non-hydrogen) atoms. The van der Waals surface area contributed by atoms with Gasteiger partial charge in [0, 0.05) is 31.4 Å². The van der Waals surface area contributed by atoms with E-state index >= 15 is 0 Å². The normalized spacial score (nSPS) is 26.8. The number of carbonyl (C=O) groups excluding carboxylic acids is 2. The third kappa shape index (κ3) is 3.46. The van der Waals surface area contributed by atoms with Gasteiger partial charge in [-0.1, -0.05) is 19.3 Å². The first-order chi connectivity index (χ1) is 13.0. The Bertz CT molecular complexity index is 723. The first kappa shape index (κ1) is 18.4. The van der Waals surface area contributed by atoms with Crippen LogP contribution in [0.3, 0.4) is 0 Å². The standard InChI is InChI=1S/C21H30N4O2/c1-15-13-18(23-16(2)22-15)19(26)24-12-10-21(14-24)9-6-11-25(20(21)27)17-7-4-3-5-8-17/h13,17H,3-12,14H2,1-2H3/t21-/m0/s1. The molecule has 1 spiro atoms. The van der Waals surface area contributed by atoms with Crippen LogP contribution in [0.5, 0.6) is 0 Å². The molecule has 2 amide bonds. The maximum absolute atomic E-state index is 13.4. The van der Waals surface area contributed by atoms with Gasteiger partial charge in [0.2, 0.25) is 5.91 Å². The summed E-state index contributed by atoms with van der Waals surface area (Å²) in [5.41, 5.74) is 0.879. The van der Waals surface area contributed by atoms with Crippen LogP contribution in [-0.2, 0) is 4.79 Å². The van der Waals surface area contributed by atoms with Crippen LogP contribution in [-0.4, -0.2) is 57.3 Å². The van der Waals surface area contributed by atoms with Crippen molar-refractivity contribution >= 4 is 11.8 Å². The fourth-order valence-corrected chi connectivity index (χ4v) is 5.25. The third-order valence-electron chi connectivity index (χ3n) is 6.61. The predicted molar refractivity (Wildman–Crippen MR) is 102 cm³/mol. The van der Waals surface area contributed by atoms with E-state index in [2.05, 4.69) is 14.9 Å². The molecule has 0 bridgehead atoms. The lowest BCUT2D eigenvalue weighted by molar-refractivity contribution is -0.149. The lowest BCUT2D eigenvalue weighted by atomic mass is 9.77. The summed E-state index contributed by atoms with van der Waals surface area (Å²) in [6.45, 7) is 5.76. The minimum absolute atomic E-state index is 0.0666. The summed E-state index contributed by atoms with van der Waals surface area (Å²) in [6, 6.07) is 2.16. The van der Waals surface area contributed by atoms with Crippen LogP contribution in [0.15, 0.2) is 6.07 Å². The summed E-state index contributed by atoms with van der Waals surface area (Å²) in [7, 11) is 0. The van der Waals surface area contributed by atoms with Crippen molar-refractivity contribution in [1.29, 1.82) is 0 Å². The van der Waals surface area contributed by atoms with Crippen LogP contribution in [0.2, 0.25) is 0 Å². The second-order valence-corrected chi connectivity index (χ2v) is 8.59. The molecule has 4 rings (SSSR count). The van der Waals surface area contributed by atoms with Crippen molar-refractivity contribution in [3.63, 3.8) is 0 Å². The fraction of sp³-hybridized carbons (Fsp3) is 0.714. The van der Waals surface area contributed by atoms with Gasteiger partial charge in [-0.3, -0.25) is 9.59 Å². The highest BCUT2D eigenvalue weighted by Gasteiger charge is 2.50. The SMILES string of the molecule is Cc1cc(C(=O)N2CC[C@@]3(CCCN(C4CCCCC4)C3=O)C2)nc(C)n1. The molecule has 1 aliphatic carbocycles. The molecule has 3 aliphatic rings. The summed E-state index contributed by atoms with van der Waals surface area (Å²) in [5.74, 6) is 0.846. The van der Waals surface area contributed by atoms with Crippen molar-refractivity contribution in [1.82, 2.24) is 19.8 Å². The highest BCUT2D eigenvalue weighted by Crippen LogP contribution is 2.42. The van der Waals surface area contributed by atoms with Gasteiger partial charge >= 0.3 is 0 Å². The lowest BCUT2D eigenvalue weighted by Gasteiger charge is -2.44. The quantitative estimate of drug-likeness (QED) is 0.803. The molecule has 1 saturated carbocycles. The molecule has 3 heterocycles. The van der Waals surface area contributed by atoms with Crippen LogP contribution in [0, 0.1) is 19.3 Å². The van der Waals surface area contributed by atoms with Gasteiger partial charge in [0.15, 0.2) is 0 Å². The molecule has 2 aliphatic heterocycles. The van der Waals surface area contributed by atoms with E-state index in [0.29, 0.717) is 36.6 Å². The van der Waals surface area contributed by atoms with Gasteiger partial charge in [-0.15, -0.1) is 0 Å². The molecule has 0 N–H and O–H groups in total. The first-order valence-electron chi connectivity index (χ1n) is 10.4. The Morgan fingerprint density at radius 2 is 1.85 bits per heavy atom. The van der Waals surface area contributed by atoms with Gasteiger partial charge in [0.1, 0.15) is 11.5 Å². The van der Waals surface area contributed by atoms with Crippen molar-refractivity contribution in [3.8, 4) is 0 Å². The van der Waals surface area contributed by atoms with Gasteiger partial charge in [-0.2, -0.15) is 0 Å². The van der Waals surface area contributed by atoms with E-state index in [9.17, 15) is 9.59 Å². The Labute approximate surface area is 161 Å². The molecule has 0 radical (unpaired) electrons. The fourth-order valence-electron chi connectivity index (χ4n) is 5.25. The number of hydrogen-bond acceptors (Lipinski definition) is 4. The summed E-state index contributed by atoms with van der Waals surface area (Å²) in [4.78, 5) is 39.0. The zero-order valence-corrected chi connectivity index (χ0v) is 16.5. The largest absolute Gasteiger partial charge is 0.339 e. The number of amides is 2. The van der Waals surface area contributed by atoms with Crippen LogP contribution in [0.25, 0.3) is 0 Å². The van der Waals surface area contributed by atoms with Gasteiger partial charge in [0.25, 0.3) is 5.91 Å². The molecule has 6 nitrogen and oxygen atoms in total. The van der Waals surface area contributed by atoms with Crippen molar-refractivity contribution < 1.29 is 9.59 Å². The van der Waals surface area contributed by atoms with Crippen LogP contribution in [0.4, 0.5) is 0 Å². The van der Waals surface area contributed by atoms with Gasteiger partial charge < -0.3 is 9.80 Å². The molecule has 1 aromatic heterocycles. The number of nitrogens with zero attached hydrogens (tertiary/aromatic N) is 4. The van der Waals surface area contributed by atoms with Gasteiger partial charge in [-0.05, 0) is 52.0 Å². The summed E-state index contributed by atoms with van der Waals surface area (Å²) in [5, 5.41) is 0. The zero-order valence-electron chi connectivity index (χ0n) is 16.5. The van der Waals surface area contributed by atoms with Crippen LogP contribution < -0.4 is 0 Å². The number of rotatable bonds is 2. The minimum atomic E-state index is -0.373. The molecule has 146 valence electrons. The van der Waals surface area contributed by atoms with Crippen molar-refractivity contribution in [3.05, 3.63) is 23.3 Å². The van der Waals surface area contributed by atoms with E-state index in [1.165, 1.54) is 19.3 Å². The molecule has 0 unspecified atom stereocenters. The molecule has 1 aromatic rings. The molecule has 3 fully saturated rings. The van der Waals surface area contributed by atoms with E-state index in [1.807, 2.05) is 18.7 Å². The highest BCUT2D eigenvalue weighted by molar-refractivity contribution is 5.94. The Kier molecular flexibility index (Phi) is 4.91. The Morgan fingerprint density at radius 3 is 2.59 bits per heavy atom. The van der Waals surface area contributed by atoms with Crippen molar-refractivity contribution in [2.24, 2.45) is 5.41 Å². The first-order valence-corrected chi connectivity index (χ1v) is 10.4. The average molecular weight is 370 g/mol. The van der Waals surface area contributed by atoms with E-state index in [0.717, 1.165) is 44.3 Å². The topological polar surface area (TPSA) is 66.4 Å². The van der Waals surface area contributed by atoms with Gasteiger partial charge in [-0.25, -0.2) is 9.97 Å². The molecule has 0 aromatic carbocycles. The minimum Gasteiger partial charge on any atom is -0.339 e. The monoisotopic (exact) mass is 370 g/mol. The Balaban J connectivity index is 1.50. The molecule has 2 saturated heterocycles. The van der Waals surface area contributed by atoms with Gasteiger partial charge in [0.05, 0.1) is 5.41 Å². The molecule has 6 heteroatoms. The molecule has 1 atom stereocenters. The number of aromatic nitrogens is 2. The highest BCUT2D eigenvalue weighted by atomic mass is 16.2. The summed E-state index contributed by atoms with van der Waals surface area (Å²) >= 11 is 0. The lowest BCUT2D eigenvalue weighted by Crippen LogP contribution is -2.54. The maximum atomic E-state index is 13.4. The second-order valence-electron chi connectivity index (χ2n) is 8.59. The summed E-state index contributed by atoms with van der Waals surface area (Å²) in [6.07, 6.45) is 8.79. The van der Waals surface area contributed by atoms with E-state index in [4.69, 9.17) is 0 Å². The van der Waals surface area contributed by atoms with Crippen LogP contribution in [0.1, 0.15) is 73.4 Å². The van der Waals surface area contributed by atoms with E-state index in [1.54, 1.807) is 6.07 Å².